The van der Waals surface area contributed by atoms with E-state index in [1.54, 1.807) is 31.2 Å². The number of anilines is 1. The standard InChI is InChI=1S/C31H38ClN3O5S/c1-4-21-33-31(37)27(5-2)34(22-20-24-12-8-7-9-13-24)30(36)23-35(28-14-10-11-15-29(28)40-6-3)41(38,39)26-18-16-25(32)17-19-26/h7-19,27H,4-6,20-23H2,1-3H3,(H,33,37)/t27-/m1/s1. The SMILES string of the molecule is CCCNC(=O)[C@@H](CC)N(CCc1ccccc1)C(=O)CN(c1ccccc1OCC)S(=O)(=O)c1ccc(Cl)cc1. The zero-order valence-electron chi connectivity index (χ0n) is 23.8. The van der Waals surface area contributed by atoms with Crippen molar-refractivity contribution in [2.24, 2.45) is 0 Å². The van der Waals surface area contributed by atoms with Gasteiger partial charge < -0.3 is 15.0 Å². The highest BCUT2D eigenvalue weighted by molar-refractivity contribution is 7.92. The predicted octanol–water partition coefficient (Wildman–Crippen LogP) is 5.31. The Hall–Kier alpha value is -3.56. The van der Waals surface area contributed by atoms with Gasteiger partial charge in [0.25, 0.3) is 10.0 Å². The van der Waals surface area contributed by atoms with E-state index in [9.17, 15) is 18.0 Å². The van der Waals surface area contributed by atoms with Crippen LogP contribution in [0.15, 0.2) is 83.8 Å². The molecule has 8 nitrogen and oxygen atoms in total. The lowest BCUT2D eigenvalue weighted by Crippen LogP contribution is -2.53. The Labute approximate surface area is 248 Å². The molecule has 10 heteroatoms. The van der Waals surface area contributed by atoms with Crippen LogP contribution in [0.3, 0.4) is 0 Å². The van der Waals surface area contributed by atoms with Crippen molar-refractivity contribution in [3.8, 4) is 5.75 Å². The number of rotatable bonds is 15. The Kier molecular flexibility index (Phi) is 12.0. The maximum absolute atomic E-state index is 14.1. The first-order valence-corrected chi connectivity index (χ1v) is 15.7. The summed E-state index contributed by atoms with van der Waals surface area (Å²) in [6, 6.07) is 21.3. The van der Waals surface area contributed by atoms with E-state index in [0.29, 0.717) is 36.8 Å². The Morgan fingerprint density at radius 1 is 0.927 bits per heavy atom. The number of benzene rings is 3. The summed E-state index contributed by atoms with van der Waals surface area (Å²) < 4.78 is 34.9. The fourth-order valence-electron chi connectivity index (χ4n) is 4.45. The van der Waals surface area contributed by atoms with Gasteiger partial charge in [-0.25, -0.2) is 8.42 Å². The third-order valence-corrected chi connectivity index (χ3v) is 8.56. The average molecular weight is 600 g/mol. The second-order valence-electron chi connectivity index (χ2n) is 9.40. The molecule has 0 aromatic heterocycles. The molecule has 41 heavy (non-hydrogen) atoms. The minimum atomic E-state index is -4.23. The van der Waals surface area contributed by atoms with E-state index >= 15 is 0 Å². The van der Waals surface area contributed by atoms with Crippen LogP contribution in [0.1, 0.15) is 39.2 Å². The topological polar surface area (TPSA) is 96.0 Å². The molecule has 1 N–H and O–H groups in total. The molecule has 3 rings (SSSR count). The summed E-state index contributed by atoms with van der Waals surface area (Å²) in [5.41, 5.74) is 1.23. The van der Waals surface area contributed by atoms with Gasteiger partial charge in [-0.05, 0) is 68.1 Å². The van der Waals surface area contributed by atoms with Crippen LogP contribution in [0.2, 0.25) is 5.02 Å². The van der Waals surface area contributed by atoms with Gasteiger partial charge in [0.2, 0.25) is 11.8 Å². The van der Waals surface area contributed by atoms with Crippen LogP contribution in [-0.2, 0) is 26.0 Å². The highest BCUT2D eigenvalue weighted by atomic mass is 35.5. The summed E-state index contributed by atoms with van der Waals surface area (Å²) in [4.78, 5) is 28.7. The van der Waals surface area contributed by atoms with Crippen molar-refractivity contribution < 1.29 is 22.7 Å². The van der Waals surface area contributed by atoms with Crippen LogP contribution < -0.4 is 14.4 Å². The Balaban J connectivity index is 2.05. The number of nitrogens with zero attached hydrogens (tertiary/aromatic N) is 2. The molecule has 3 aromatic rings. The van der Waals surface area contributed by atoms with E-state index in [1.165, 1.54) is 29.2 Å². The Morgan fingerprint density at radius 2 is 1.59 bits per heavy atom. The number of para-hydroxylation sites is 2. The monoisotopic (exact) mass is 599 g/mol. The minimum Gasteiger partial charge on any atom is -0.492 e. The van der Waals surface area contributed by atoms with Gasteiger partial charge in [0, 0.05) is 18.1 Å². The van der Waals surface area contributed by atoms with Gasteiger partial charge in [0.15, 0.2) is 0 Å². The van der Waals surface area contributed by atoms with Crippen LogP contribution in [0, 0.1) is 0 Å². The zero-order chi connectivity index (χ0) is 29.8. The van der Waals surface area contributed by atoms with Crippen molar-refractivity contribution in [1.82, 2.24) is 10.2 Å². The van der Waals surface area contributed by atoms with E-state index < -0.39 is 28.5 Å². The highest BCUT2D eigenvalue weighted by Gasteiger charge is 2.34. The zero-order valence-corrected chi connectivity index (χ0v) is 25.3. The normalized spacial score (nSPS) is 11.9. The van der Waals surface area contributed by atoms with Crippen LogP contribution in [0.25, 0.3) is 0 Å². The molecule has 0 bridgehead atoms. The molecule has 3 aromatic carbocycles. The molecule has 0 aliphatic carbocycles. The Bertz CT molecular complexity index is 1380. The summed E-state index contributed by atoms with van der Waals surface area (Å²) in [6.07, 6.45) is 1.63. The van der Waals surface area contributed by atoms with Gasteiger partial charge in [0.05, 0.1) is 17.2 Å². The summed E-state index contributed by atoms with van der Waals surface area (Å²) >= 11 is 6.03. The van der Waals surface area contributed by atoms with Crippen molar-refractivity contribution in [2.45, 2.75) is 51.0 Å². The van der Waals surface area contributed by atoms with Gasteiger partial charge in [-0.1, -0.05) is 67.9 Å². The van der Waals surface area contributed by atoms with Crippen molar-refractivity contribution >= 4 is 39.1 Å². The average Bonchev–Trinajstić information content (AvgIpc) is 2.98. The van der Waals surface area contributed by atoms with Gasteiger partial charge in [-0.3, -0.25) is 13.9 Å². The van der Waals surface area contributed by atoms with Crippen molar-refractivity contribution in [1.29, 1.82) is 0 Å². The summed E-state index contributed by atoms with van der Waals surface area (Å²) in [7, 11) is -4.23. The van der Waals surface area contributed by atoms with Crippen LogP contribution in [0.4, 0.5) is 5.69 Å². The molecular formula is C31H38ClN3O5S. The molecule has 1 atom stereocenters. The number of carbonyl (C=O) groups is 2. The van der Waals surface area contributed by atoms with Crippen molar-refractivity contribution in [2.75, 3.05) is 30.5 Å². The summed E-state index contributed by atoms with van der Waals surface area (Å²) in [6.45, 7) is 6.09. The highest BCUT2D eigenvalue weighted by Crippen LogP contribution is 2.33. The van der Waals surface area contributed by atoms with Gasteiger partial charge >= 0.3 is 0 Å². The van der Waals surface area contributed by atoms with E-state index in [0.717, 1.165) is 16.3 Å². The van der Waals surface area contributed by atoms with E-state index in [2.05, 4.69) is 5.32 Å². The first-order chi connectivity index (χ1) is 19.7. The minimum absolute atomic E-state index is 0.0235. The van der Waals surface area contributed by atoms with Crippen molar-refractivity contribution in [3.05, 3.63) is 89.4 Å². The van der Waals surface area contributed by atoms with Gasteiger partial charge in [0.1, 0.15) is 18.3 Å². The Morgan fingerprint density at radius 3 is 2.22 bits per heavy atom. The molecule has 0 saturated carbocycles. The molecule has 0 spiro atoms. The summed E-state index contributed by atoms with van der Waals surface area (Å²) in [5.74, 6) is -0.440. The third-order valence-electron chi connectivity index (χ3n) is 6.53. The number of carbonyl (C=O) groups excluding carboxylic acids is 2. The molecule has 0 heterocycles. The molecule has 0 fully saturated rings. The molecule has 0 radical (unpaired) electrons. The molecule has 0 unspecified atom stereocenters. The molecule has 0 aliphatic heterocycles. The lowest BCUT2D eigenvalue weighted by atomic mass is 10.1. The van der Waals surface area contributed by atoms with Crippen LogP contribution in [-0.4, -0.2) is 57.4 Å². The molecule has 0 aliphatic rings. The van der Waals surface area contributed by atoms with E-state index in [1.807, 2.05) is 44.2 Å². The smallest absolute Gasteiger partial charge is 0.264 e. The van der Waals surface area contributed by atoms with E-state index in [-0.39, 0.29) is 23.0 Å². The predicted molar refractivity (Wildman–Crippen MR) is 163 cm³/mol. The van der Waals surface area contributed by atoms with Crippen molar-refractivity contribution in [3.63, 3.8) is 0 Å². The number of hydrogen-bond acceptors (Lipinski definition) is 5. The number of sulfonamides is 1. The number of hydrogen-bond donors (Lipinski definition) is 1. The quantitative estimate of drug-likeness (QED) is 0.255. The summed E-state index contributed by atoms with van der Waals surface area (Å²) in [5, 5.41) is 3.28. The molecule has 220 valence electrons. The number of amides is 2. The number of ether oxygens (including phenoxy) is 1. The van der Waals surface area contributed by atoms with Gasteiger partial charge in [-0.2, -0.15) is 0 Å². The van der Waals surface area contributed by atoms with Crippen LogP contribution in [0.5, 0.6) is 5.75 Å². The first-order valence-electron chi connectivity index (χ1n) is 13.8. The largest absolute Gasteiger partial charge is 0.492 e. The van der Waals surface area contributed by atoms with Gasteiger partial charge in [-0.15, -0.1) is 0 Å². The fraction of sp³-hybridized carbons (Fsp3) is 0.355. The second kappa shape index (κ2) is 15.4. The van der Waals surface area contributed by atoms with Crippen LogP contribution >= 0.6 is 11.6 Å². The fourth-order valence-corrected chi connectivity index (χ4v) is 6.00. The molecular weight excluding hydrogens is 562 g/mol. The number of nitrogens with one attached hydrogen (secondary N) is 1. The molecule has 0 saturated heterocycles. The third kappa shape index (κ3) is 8.47. The molecule has 2 amide bonds. The maximum atomic E-state index is 14.1. The lowest BCUT2D eigenvalue weighted by Gasteiger charge is -2.33. The lowest BCUT2D eigenvalue weighted by molar-refractivity contribution is -0.139. The van der Waals surface area contributed by atoms with E-state index in [4.69, 9.17) is 16.3 Å². The number of halogens is 1. The first kappa shape index (κ1) is 32.0. The maximum Gasteiger partial charge on any atom is 0.264 e. The second-order valence-corrected chi connectivity index (χ2v) is 11.7.